The van der Waals surface area contributed by atoms with Crippen LogP contribution in [0.5, 0.6) is 5.75 Å². The number of esters is 2. The lowest BCUT2D eigenvalue weighted by Crippen LogP contribution is -2.03. The number of methoxy groups -OCH3 is 1. The zero-order valence-electron chi connectivity index (χ0n) is 13.9. The molecule has 6 heteroatoms. The summed E-state index contributed by atoms with van der Waals surface area (Å²) in [5.41, 5.74) is 3.09. The summed E-state index contributed by atoms with van der Waals surface area (Å²) in [7, 11) is 1.34. The number of fused-ring (bicyclic) bond motifs is 1. The Labute approximate surface area is 140 Å². The minimum atomic E-state index is -0.567. The third-order valence-corrected chi connectivity index (χ3v) is 4.22. The molecule has 1 aromatic rings. The Morgan fingerprint density at radius 1 is 1.46 bits per heavy atom. The second-order valence-corrected chi connectivity index (χ2v) is 5.70. The summed E-state index contributed by atoms with van der Waals surface area (Å²) in [5, 5.41) is 19.9. The normalized spacial score (nSPS) is 13.2. The number of cyclic esters (lactones) is 1. The summed E-state index contributed by atoms with van der Waals surface area (Å²) in [6, 6.07) is 2.10. The number of phenolic OH excluding ortho intramolecular Hbond substituents is 1. The monoisotopic (exact) mass is 329 g/mol. The van der Waals surface area contributed by atoms with Gasteiger partial charge in [-0.3, -0.25) is 4.79 Å². The van der Waals surface area contributed by atoms with Crippen LogP contribution in [-0.4, -0.2) is 24.2 Å². The van der Waals surface area contributed by atoms with Crippen molar-refractivity contribution >= 4 is 11.9 Å². The van der Waals surface area contributed by atoms with Crippen LogP contribution in [0, 0.1) is 18.3 Å². The molecule has 1 aromatic carbocycles. The minimum Gasteiger partial charge on any atom is -0.507 e. The molecule has 0 radical (unpaired) electrons. The van der Waals surface area contributed by atoms with Crippen LogP contribution in [0.2, 0.25) is 0 Å². The highest BCUT2D eigenvalue weighted by atomic mass is 16.5. The first-order valence-electron chi connectivity index (χ1n) is 7.57. The van der Waals surface area contributed by atoms with Crippen molar-refractivity contribution < 1.29 is 24.2 Å². The molecule has 0 saturated heterocycles. The second kappa shape index (κ2) is 7.18. The molecule has 0 fully saturated rings. The van der Waals surface area contributed by atoms with E-state index >= 15 is 0 Å². The van der Waals surface area contributed by atoms with Gasteiger partial charge in [-0.1, -0.05) is 11.6 Å². The zero-order valence-corrected chi connectivity index (χ0v) is 13.9. The van der Waals surface area contributed by atoms with Crippen molar-refractivity contribution in [2.75, 3.05) is 7.11 Å². The minimum absolute atomic E-state index is 0.0799. The predicted molar refractivity (Wildman–Crippen MR) is 85.4 cm³/mol. The maximum Gasteiger partial charge on any atom is 0.342 e. The second-order valence-electron chi connectivity index (χ2n) is 5.70. The number of phenols is 1. The van der Waals surface area contributed by atoms with Gasteiger partial charge in [0.15, 0.2) is 0 Å². The van der Waals surface area contributed by atoms with Crippen molar-refractivity contribution in [2.45, 2.75) is 39.7 Å². The van der Waals surface area contributed by atoms with Crippen molar-refractivity contribution in [3.8, 4) is 11.8 Å². The molecular weight excluding hydrogens is 310 g/mol. The van der Waals surface area contributed by atoms with E-state index in [-0.39, 0.29) is 30.3 Å². The number of ether oxygens (including phenoxy) is 2. The fourth-order valence-electron chi connectivity index (χ4n) is 2.72. The smallest absolute Gasteiger partial charge is 0.342 e. The Hall–Kier alpha value is -2.81. The van der Waals surface area contributed by atoms with Crippen molar-refractivity contribution in [2.24, 2.45) is 0 Å². The topological polar surface area (TPSA) is 96.6 Å². The van der Waals surface area contributed by atoms with E-state index in [1.807, 2.05) is 13.0 Å². The SMILES string of the molecule is COC(=O)CC/C(C)=C/Cc1c(O)c2c(c(C)c1C#N)COC2=O. The van der Waals surface area contributed by atoms with Gasteiger partial charge in [-0.25, -0.2) is 4.79 Å². The number of aromatic hydroxyl groups is 1. The summed E-state index contributed by atoms with van der Waals surface area (Å²) in [5.74, 6) is -1.05. The van der Waals surface area contributed by atoms with E-state index in [4.69, 9.17) is 4.74 Å². The van der Waals surface area contributed by atoms with Gasteiger partial charge in [-0.15, -0.1) is 0 Å². The maximum atomic E-state index is 11.8. The van der Waals surface area contributed by atoms with Crippen LogP contribution in [0.4, 0.5) is 0 Å². The molecule has 0 bridgehead atoms. The van der Waals surface area contributed by atoms with E-state index in [0.717, 1.165) is 5.57 Å². The van der Waals surface area contributed by atoms with Gasteiger partial charge in [0.2, 0.25) is 0 Å². The highest BCUT2D eigenvalue weighted by molar-refractivity contribution is 5.97. The molecule has 1 N–H and O–H groups in total. The van der Waals surface area contributed by atoms with Gasteiger partial charge in [0.1, 0.15) is 17.9 Å². The van der Waals surface area contributed by atoms with Crippen molar-refractivity contribution in [3.63, 3.8) is 0 Å². The Kier molecular flexibility index (Phi) is 5.24. The molecule has 6 nitrogen and oxygen atoms in total. The van der Waals surface area contributed by atoms with Gasteiger partial charge in [0.05, 0.1) is 18.7 Å². The molecule has 0 unspecified atom stereocenters. The summed E-state index contributed by atoms with van der Waals surface area (Å²) in [6.07, 6.45) is 2.93. The van der Waals surface area contributed by atoms with E-state index < -0.39 is 5.97 Å². The lowest BCUT2D eigenvalue weighted by molar-refractivity contribution is -0.140. The molecule has 0 atom stereocenters. The van der Waals surface area contributed by atoms with Crippen LogP contribution in [0.25, 0.3) is 0 Å². The third kappa shape index (κ3) is 3.25. The quantitative estimate of drug-likeness (QED) is 0.659. The molecular formula is C18H19NO5. The molecule has 1 aliphatic heterocycles. The summed E-state index contributed by atoms with van der Waals surface area (Å²) >= 11 is 0. The van der Waals surface area contributed by atoms with Crippen LogP contribution < -0.4 is 0 Å². The van der Waals surface area contributed by atoms with E-state index in [9.17, 15) is 20.0 Å². The van der Waals surface area contributed by atoms with Gasteiger partial charge < -0.3 is 14.6 Å². The number of nitriles is 1. The van der Waals surface area contributed by atoms with E-state index in [1.54, 1.807) is 6.92 Å². The first-order valence-corrected chi connectivity index (χ1v) is 7.57. The molecule has 1 heterocycles. The number of hydrogen-bond acceptors (Lipinski definition) is 6. The fraction of sp³-hybridized carbons (Fsp3) is 0.389. The fourth-order valence-corrected chi connectivity index (χ4v) is 2.72. The van der Waals surface area contributed by atoms with Gasteiger partial charge >= 0.3 is 11.9 Å². The first-order chi connectivity index (χ1) is 11.4. The lowest BCUT2D eigenvalue weighted by Gasteiger charge is -2.12. The van der Waals surface area contributed by atoms with Gasteiger partial charge in [0.25, 0.3) is 0 Å². The molecule has 1 aliphatic rings. The summed E-state index contributed by atoms with van der Waals surface area (Å²) in [4.78, 5) is 23.0. The number of benzene rings is 1. The van der Waals surface area contributed by atoms with Crippen molar-refractivity contribution in [1.82, 2.24) is 0 Å². The number of nitrogens with zero attached hydrogens (tertiary/aromatic N) is 1. The third-order valence-electron chi connectivity index (χ3n) is 4.22. The van der Waals surface area contributed by atoms with Gasteiger partial charge in [-0.05, 0) is 32.3 Å². The number of carbonyl (C=O) groups is 2. The Morgan fingerprint density at radius 3 is 2.79 bits per heavy atom. The Morgan fingerprint density at radius 2 is 2.17 bits per heavy atom. The molecule has 2 rings (SSSR count). The van der Waals surface area contributed by atoms with Crippen LogP contribution in [0.3, 0.4) is 0 Å². The first kappa shape index (κ1) is 17.5. The average Bonchev–Trinajstić information content (AvgIpc) is 2.96. The van der Waals surface area contributed by atoms with Crippen molar-refractivity contribution in [1.29, 1.82) is 5.26 Å². The Bertz CT molecular complexity index is 771. The number of hydrogen-bond donors (Lipinski definition) is 1. The molecule has 126 valence electrons. The van der Waals surface area contributed by atoms with Crippen LogP contribution in [-0.2, 0) is 27.3 Å². The molecule has 24 heavy (non-hydrogen) atoms. The number of carbonyl (C=O) groups excluding carboxylic acids is 2. The largest absolute Gasteiger partial charge is 0.507 e. The average molecular weight is 329 g/mol. The van der Waals surface area contributed by atoms with E-state index in [2.05, 4.69) is 10.8 Å². The zero-order chi connectivity index (χ0) is 17.9. The predicted octanol–water partition coefficient (Wildman–Crippen LogP) is 2.68. The van der Waals surface area contributed by atoms with Crippen LogP contribution in [0.15, 0.2) is 11.6 Å². The highest BCUT2D eigenvalue weighted by Gasteiger charge is 2.31. The van der Waals surface area contributed by atoms with E-state index in [1.165, 1.54) is 7.11 Å². The number of allylic oxidation sites excluding steroid dienone is 2. The van der Waals surface area contributed by atoms with Gasteiger partial charge in [-0.2, -0.15) is 5.26 Å². The van der Waals surface area contributed by atoms with Crippen molar-refractivity contribution in [3.05, 3.63) is 39.5 Å². The number of rotatable bonds is 5. The van der Waals surface area contributed by atoms with Crippen LogP contribution in [0.1, 0.15) is 52.4 Å². The highest BCUT2D eigenvalue weighted by Crippen LogP contribution is 2.37. The lowest BCUT2D eigenvalue weighted by atomic mass is 9.91. The van der Waals surface area contributed by atoms with Crippen LogP contribution >= 0.6 is 0 Å². The van der Waals surface area contributed by atoms with E-state index in [0.29, 0.717) is 35.1 Å². The molecule has 0 saturated carbocycles. The maximum absolute atomic E-state index is 11.8. The molecule has 0 aromatic heterocycles. The summed E-state index contributed by atoms with van der Waals surface area (Å²) < 4.78 is 9.56. The standard InChI is InChI=1S/C18H19NO5/c1-10(5-7-15(20)23-3)4-6-12-13(8-19)11(2)14-9-24-18(22)16(14)17(12)21/h4,21H,5-7,9H2,1-3H3/b10-4+. The Balaban J connectivity index is 2.32. The molecule has 0 spiro atoms. The molecule has 0 aliphatic carbocycles. The van der Waals surface area contributed by atoms with Gasteiger partial charge in [0, 0.05) is 17.5 Å². The summed E-state index contributed by atoms with van der Waals surface area (Å²) in [6.45, 7) is 3.69. The molecule has 0 amide bonds.